The summed E-state index contributed by atoms with van der Waals surface area (Å²) in [7, 11) is 0. The Morgan fingerprint density at radius 2 is 1.79 bits per heavy atom. The third-order valence-electron chi connectivity index (χ3n) is 4.29. The van der Waals surface area contributed by atoms with Crippen LogP contribution in [0.15, 0.2) is 11.1 Å². The van der Waals surface area contributed by atoms with E-state index < -0.39 is 0 Å². The van der Waals surface area contributed by atoms with Crippen molar-refractivity contribution in [3.8, 4) is 0 Å². The normalized spacial score (nSPS) is 39.4. The molecular weight excluding hydrogens is 172 g/mol. The Labute approximate surface area is 86.6 Å². The molecule has 78 valence electrons. The number of carbonyl (C=O) groups excluding carboxylic acids is 1. The van der Waals surface area contributed by atoms with E-state index in [1.807, 2.05) is 0 Å². The molecule has 0 saturated heterocycles. The summed E-state index contributed by atoms with van der Waals surface area (Å²) < 4.78 is 0. The second kappa shape index (κ2) is 2.50. The maximum Gasteiger partial charge on any atom is 0.139 e. The van der Waals surface area contributed by atoms with Crippen LogP contribution in [-0.4, -0.2) is 5.78 Å². The number of hydrogen-bond donors (Lipinski definition) is 0. The summed E-state index contributed by atoms with van der Waals surface area (Å²) in [5.41, 5.74) is 3.14. The van der Waals surface area contributed by atoms with Crippen molar-refractivity contribution in [2.45, 2.75) is 47.5 Å². The van der Waals surface area contributed by atoms with Gasteiger partial charge in [-0.1, -0.05) is 31.9 Å². The molecule has 0 radical (unpaired) electrons. The van der Waals surface area contributed by atoms with Crippen LogP contribution >= 0.6 is 0 Å². The smallest absolute Gasteiger partial charge is 0.139 e. The van der Waals surface area contributed by atoms with Crippen LogP contribution in [0.3, 0.4) is 0 Å². The second-order valence-corrected chi connectivity index (χ2v) is 6.11. The molecule has 0 heterocycles. The van der Waals surface area contributed by atoms with E-state index in [0.29, 0.717) is 11.7 Å². The molecule has 0 aliphatic heterocycles. The van der Waals surface area contributed by atoms with Gasteiger partial charge >= 0.3 is 0 Å². The van der Waals surface area contributed by atoms with Crippen LogP contribution in [0.4, 0.5) is 0 Å². The van der Waals surface area contributed by atoms with Crippen LogP contribution in [-0.2, 0) is 4.79 Å². The van der Waals surface area contributed by atoms with Gasteiger partial charge in [-0.15, -0.1) is 0 Å². The van der Waals surface area contributed by atoms with Gasteiger partial charge < -0.3 is 0 Å². The molecule has 14 heavy (non-hydrogen) atoms. The van der Waals surface area contributed by atoms with Gasteiger partial charge in [-0.3, -0.25) is 4.79 Å². The van der Waals surface area contributed by atoms with E-state index in [-0.39, 0.29) is 10.8 Å². The van der Waals surface area contributed by atoms with E-state index in [9.17, 15) is 4.79 Å². The van der Waals surface area contributed by atoms with Crippen molar-refractivity contribution in [3.05, 3.63) is 11.1 Å². The van der Waals surface area contributed by atoms with E-state index in [4.69, 9.17) is 0 Å². The Morgan fingerprint density at radius 1 is 1.21 bits per heavy atom. The lowest BCUT2D eigenvalue weighted by Gasteiger charge is -2.49. The van der Waals surface area contributed by atoms with Crippen LogP contribution in [0, 0.1) is 16.7 Å². The van der Waals surface area contributed by atoms with E-state index in [0.717, 1.165) is 12.8 Å². The predicted molar refractivity (Wildman–Crippen MR) is 58.0 cm³/mol. The first-order valence-corrected chi connectivity index (χ1v) is 5.48. The van der Waals surface area contributed by atoms with Crippen LogP contribution in [0.1, 0.15) is 47.5 Å². The first kappa shape index (κ1) is 9.95. The van der Waals surface area contributed by atoms with Crippen molar-refractivity contribution in [2.24, 2.45) is 16.7 Å². The molecule has 0 N–H and O–H groups in total. The van der Waals surface area contributed by atoms with Crippen molar-refractivity contribution in [3.63, 3.8) is 0 Å². The van der Waals surface area contributed by atoms with Gasteiger partial charge in [0.1, 0.15) is 5.78 Å². The standard InChI is InChI=1S/C13H20O/c1-8(2)9-6-13(5)7-10(14)12(3,4)11(9)13/h11H,6-7H2,1-5H3. The molecule has 2 aliphatic carbocycles. The van der Waals surface area contributed by atoms with Crippen LogP contribution < -0.4 is 0 Å². The molecule has 0 aromatic heterocycles. The molecule has 0 bridgehead atoms. The quantitative estimate of drug-likeness (QED) is 0.538. The topological polar surface area (TPSA) is 17.1 Å². The number of fused-ring (bicyclic) bond motifs is 1. The monoisotopic (exact) mass is 192 g/mol. The lowest BCUT2D eigenvalue weighted by Crippen LogP contribution is -2.42. The Bertz CT molecular complexity index is 331. The molecule has 2 unspecified atom stereocenters. The number of carbonyl (C=O) groups is 1. The van der Waals surface area contributed by atoms with Gasteiger partial charge in [0, 0.05) is 11.8 Å². The SMILES string of the molecule is CC(C)=C1CC2(C)CC(=O)C(C)(C)C12. The average molecular weight is 192 g/mol. The Balaban J connectivity index is 2.44. The van der Waals surface area contributed by atoms with E-state index in [1.54, 1.807) is 5.57 Å². The molecule has 1 heteroatoms. The Hall–Kier alpha value is -0.590. The largest absolute Gasteiger partial charge is 0.299 e. The Morgan fingerprint density at radius 3 is 2.21 bits per heavy atom. The van der Waals surface area contributed by atoms with Gasteiger partial charge in [-0.05, 0) is 31.6 Å². The molecule has 2 fully saturated rings. The zero-order valence-corrected chi connectivity index (χ0v) is 9.90. The van der Waals surface area contributed by atoms with Crippen molar-refractivity contribution in [1.82, 2.24) is 0 Å². The minimum atomic E-state index is -0.112. The molecule has 0 aromatic rings. The van der Waals surface area contributed by atoms with Gasteiger partial charge in [0.25, 0.3) is 0 Å². The van der Waals surface area contributed by atoms with Gasteiger partial charge in [0.2, 0.25) is 0 Å². The highest BCUT2D eigenvalue weighted by atomic mass is 16.1. The van der Waals surface area contributed by atoms with Crippen LogP contribution in [0.2, 0.25) is 0 Å². The van der Waals surface area contributed by atoms with Gasteiger partial charge in [0.15, 0.2) is 0 Å². The van der Waals surface area contributed by atoms with Gasteiger partial charge in [0.05, 0.1) is 0 Å². The molecule has 0 amide bonds. The number of ketones is 1. The van der Waals surface area contributed by atoms with Gasteiger partial charge in [-0.25, -0.2) is 0 Å². The maximum atomic E-state index is 11.9. The van der Waals surface area contributed by atoms with Crippen LogP contribution in [0.5, 0.6) is 0 Å². The third-order valence-corrected chi connectivity index (χ3v) is 4.29. The highest BCUT2D eigenvalue weighted by molar-refractivity contribution is 5.89. The highest BCUT2D eigenvalue weighted by Crippen LogP contribution is 2.66. The summed E-state index contributed by atoms with van der Waals surface area (Å²) in [6.07, 6.45) is 1.94. The zero-order chi connectivity index (χ0) is 10.7. The molecule has 0 spiro atoms. The fourth-order valence-electron chi connectivity index (χ4n) is 3.62. The lowest BCUT2D eigenvalue weighted by molar-refractivity contribution is -0.125. The van der Waals surface area contributed by atoms with Crippen molar-refractivity contribution < 1.29 is 4.79 Å². The molecule has 2 saturated carbocycles. The van der Waals surface area contributed by atoms with E-state index in [2.05, 4.69) is 34.6 Å². The lowest BCUT2D eigenvalue weighted by atomic mass is 9.54. The first-order chi connectivity index (χ1) is 6.29. The van der Waals surface area contributed by atoms with E-state index >= 15 is 0 Å². The van der Waals surface area contributed by atoms with Crippen molar-refractivity contribution in [1.29, 1.82) is 0 Å². The van der Waals surface area contributed by atoms with Crippen LogP contribution in [0.25, 0.3) is 0 Å². The molecular formula is C13H20O. The maximum absolute atomic E-state index is 11.9. The molecule has 2 atom stereocenters. The minimum Gasteiger partial charge on any atom is -0.299 e. The summed E-state index contributed by atoms with van der Waals surface area (Å²) in [6.45, 7) is 10.9. The average Bonchev–Trinajstić information content (AvgIpc) is 2.08. The fourth-order valence-corrected chi connectivity index (χ4v) is 3.62. The number of allylic oxidation sites excluding steroid dienone is 2. The minimum absolute atomic E-state index is 0.112. The summed E-state index contributed by atoms with van der Waals surface area (Å²) in [4.78, 5) is 11.9. The number of Topliss-reactive ketones (excluding diaryl/α,β-unsaturated/α-hetero) is 1. The molecule has 1 nitrogen and oxygen atoms in total. The van der Waals surface area contributed by atoms with Crippen molar-refractivity contribution in [2.75, 3.05) is 0 Å². The molecule has 2 aliphatic rings. The fraction of sp³-hybridized carbons (Fsp3) is 0.769. The summed E-state index contributed by atoms with van der Waals surface area (Å²) >= 11 is 0. The van der Waals surface area contributed by atoms with E-state index in [1.165, 1.54) is 5.57 Å². The molecule has 0 aromatic carbocycles. The summed E-state index contributed by atoms with van der Waals surface area (Å²) in [5, 5.41) is 0. The molecule has 2 rings (SSSR count). The predicted octanol–water partition coefficient (Wildman–Crippen LogP) is 3.35. The second-order valence-electron chi connectivity index (χ2n) is 6.11. The Kier molecular flexibility index (Phi) is 1.78. The number of rotatable bonds is 0. The van der Waals surface area contributed by atoms with Gasteiger partial charge in [-0.2, -0.15) is 0 Å². The number of hydrogen-bond acceptors (Lipinski definition) is 1. The summed E-state index contributed by atoms with van der Waals surface area (Å²) in [6, 6.07) is 0. The summed E-state index contributed by atoms with van der Waals surface area (Å²) in [5.74, 6) is 0.980. The van der Waals surface area contributed by atoms with Crippen molar-refractivity contribution >= 4 is 5.78 Å². The first-order valence-electron chi connectivity index (χ1n) is 5.48. The third kappa shape index (κ3) is 0.986. The zero-order valence-electron chi connectivity index (χ0n) is 9.90. The highest BCUT2D eigenvalue weighted by Gasteiger charge is 2.62.